The molecule has 0 spiro atoms. The number of methoxy groups -OCH3 is 1. The molecule has 25 heavy (non-hydrogen) atoms. The second kappa shape index (κ2) is 8.19. The maximum Gasteiger partial charge on any atom is 0.224 e. The monoisotopic (exact) mass is 344 g/mol. The summed E-state index contributed by atoms with van der Waals surface area (Å²) < 4.78 is 11.1. The summed E-state index contributed by atoms with van der Waals surface area (Å²) in [5, 5.41) is 2.95. The van der Waals surface area contributed by atoms with E-state index in [0.29, 0.717) is 13.0 Å². The van der Waals surface area contributed by atoms with Crippen LogP contribution in [0, 0.1) is 6.92 Å². The van der Waals surface area contributed by atoms with Crippen LogP contribution in [0.2, 0.25) is 0 Å². The molecule has 0 saturated carbocycles. The van der Waals surface area contributed by atoms with Crippen LogP contribution in [0.25, 0.3) is 0 Å². The van der Waals surface area contributed by atoms with Crippen molar-refractivity contribution in [1.29, 1.82) is 0 Å². The summed E-state index contributed by atoms with van der Waals surface area (Å²) in [5.41, 5.74) is 1.74. The van der Waals surface area contributed by atoms with Gasteiger partial charge in [0.05, 0.1) is 19.2 Å². The molecule has 0 aliphatic rings. The lowest BCUT2D eigenvalue weighted by Crippen LogP contribution is -2.26. The topological polar surface area (TPSA) is 64.4 Å². The predicted molar refractivity (Wildman–Crippen MR) is 98.0 cm³/mol. The zero-order chi connectivity index (χ0) is 18.4. The van der Waals surface area contributed by atoms with Gasteiger partial charge < -0.3 is 14.5 Å². The summed E-state index contributed by atoms with van der Waals surface area (Å²) in [4.78, 5) is 16.6. The van der Waals surface area contributed by atoms with Gasteiger partial charge in [-0.25, -0.2) is 4.98 Å². The van der Waals surface area contributed by atoms with Crippen LogP contribution < -0.4 is 10.1 Å². The van der Waals surface area contributed by atoms with E-state index < -0.39 is 0 Å². The molecule has 0 aliphatic carbocycles. The molecule has 1 N–H and O–H groups in total. The number of benzene rings is 1. The third-order valence-corrected chi connectivity index (χ3v) is 3.98. The van der Waals surface area contributed by atoms with Gasteiger partial charge in [-0.1, -0.05) is 39.0 Å². The molecule has 0 fully saturated rings. The van der Waals surface area contributed by atoms with E-state index in [1.807, 2.05) is 31.2 Å². The second-order valence-corrected chi connectivity index (χ2v) is 7.22. The Kier molecular flexibility index (Phi) is 6.23. The number of carbonyl (C=O) groups excluding carboxylic acids is 1. The third kappa shape index (κ3) is 5.34. The van der Waals surface area contributed by atoms with Gasteiger partial charge in [0.1, 0.15) is 11.5 Å². The Balaban J connectivity index is 1.79. The fourth-order valence-corrected chi connectivity index (χ4v) is 2.54. The molecule has 0 saturated heterocycles. The van der Waals surface area contributed by atoms with E-state index >= 15 is 0 Å². The van der Waals surface area contributed by atoms with Crippen molar-refractivity contribution in [3.63, 3.8) is 0 Å². The van der Waals surface area contributed by atoms with Crippen molar-refractivity contribution in [2.75, 3.05) is 13.7 Å². The van der Waals surface area contributed by atoms with Crippen LogP contribution in [0.1, 0.15) is 50.1 Å². The number of ether oxygens (including phenoxy) is 1. The normalized spacial score (nSPS) is 11.4. The molecular formula is C20H28N2O3. The molecule has 136 valence electrons. The number of nitrogens with one attached hydrogen (secondary N) is 1. The molecule has 0 radical (unpaired) electrons. The van der Waals surface area contributed by atoms with Gasteiger partial charge in [-0.2, -0.15) is 0 Å². The van der Waals surface area contributed by atoms with Crippen molar-refractivity contribution in [2.24, 2.45) is 0 Å². The SMILES string of the molecule is COc1ccccc1CC(=O)NCCCc1oc(C(C)(C)C)nc1C. The number of aryl methyl sites for hydroxylation is 2. The van der Waals surface area contributed by atoms with Crippen LogP contribution >= 0.6 is 0 Å². The van der Waals surface area contributed by atoms with Crippen LogP contribution in [0.15, 0.2) is 28.7 Å². The van der Waals surface area contributed by atoms with Crippen molar-refractivity contribution in [3.05, 3.63) is 47.2 Å². The standard InChI is InChI=1S/C20H28N2O3/c1-14-16(25-19(22-14)20(2,3)4)11-8-12-21-18(23)13-15-9-6-7-10-17(15)24-5/h6-7,9-10H,8,11-13H2,1-5H3,(H,21,23). The molecule has 1 amide bonds. The molecule has 0 unspecified atom stereocenters. The van der Waals surface area contributed by atoms with Crippen molar-refractivity contribution in [1.82, 2.24) is 10.3 Å². The third-order valence-electron chi connectivity index (χ3n) is 3.98. The average molecular weight is 344 g/mol. The zero-order valence-electron chi connectivity index (χ0n) is 15.8. The number of nitrogens with zero attached hydrogens (tertiary/aromatic N) is 1. The number of hydrogen-bond donors (Lipinski definition) is 1. The first kappa shape index (κ1) is 19.0. The molecule has 1 heterocycles. The van der Waals surface area contributed by atoms with Gasteiger partial charge >= 0.3 is 0 Å². The van der Waals surface area contributed by atoms with Gasteiger partial charge in [0, 0.05) is 23.9 Å². The highest BCUT2D eigenvalue weighted by molar-refractivity contribution is 5.79. The predicted octanol–water partition coefficient (Wildman–Crippen LogP) is 3.58. The second-order valence-electron chi connectivity index (χ2n) is 7.22. The van der Waals surface area contributed by atoms with Crippen LogP contribution in [0.5, 0.6) is 5.75 Å². The van der Waals surface area contributed by atoms with E-state index in [4.69, 9.17) is 9.15 Å². The van der Waals surface area contributed by atoms with E-state index in [1.165, 1.54) is 0 Å². The summed E-state index contributed by atoms with van der Waals surface area (Å²) in [6.45, 7) is 8.83. The van der Waals surface area contributed by atoms with E-state index in [1.54, 1.807) is 7.11 Å². The van der Waals surface area contributed by atoms with Crippen molar-refractivity contribution in [3.8, 4) is 5.75 Å². The zero-order valence-corrected chi connectivity index (χ0v) is 15.8. The molecule has 5 nitrogen and oxygen atoms in total. The fraction of sp³-hybridized carbons (Fsp3) is 0.500. The minimum atomic E-state index is -0.0913. The van der Waals surface area contributed by atoms with Crippen LogP contribution in [0.4, 0.5) is 0 Å². The number of para-hydroxylation sites is 1. The van der Waals surface area contributed by atoms with Gasteiger partial charge in [0.25, 0.3) is 0 Å². The first-order chi connectivity index (χ1) is 11.8. The minimum Gasteiger partial charge on any atom is -0.496 e. The van der Waals surface area contributed by atoms with Gasteiger partial charge in [0.2, 0.25) is 5.91 Å². The highest BCUT2D eigenvalue weighted by Crippen LogP contribution is 2.24. The largest absolute Gasteiger partial charge is 0.496 e. The lowest BCUT2D eigenvalue weighted by atomic mass is 9.97. The number of hydrogen-bond acceptors (Lipinski definition) is 4. The average Bonchev–Trinajstić information content (AvgIpc) is 2.93. The molecule has 0 aliphatic heterocycles. The number of rotatable bonds is 7. The van der Waals surface area contributed by atoms with Crippen LogP contribution in [-0.4, -0.2) is 24.5 Å². The summed E-state index contributed by atoms with van der Waals surface area (Å²) >= 11 is 0. The Morgan fingerprint density at radius 3 is 2.64 bits per heavy atom. The van der Waals surface area contributed by atoms with Crippen molar-refractivity contribution >= 4 is 5.91 Å². The molecule has 0 bridgehead atoms. The van der Waals surface area contributed by atoms with Gasteiger partial charge in [-0.15, -0.1) is 0 Å². The Morgan fingerprint density at radius 1 is 1.28 bits per heavy atom. The maximum absolute atomic E-state index is 12.1. The van der Waals surface area contributed by atoms with Gasteiger partial charge in [0.15, 0.2) is 5.89 Å². The molecular weight excluding hydrogens is 316 g/mol. The molecule has 5 heteroatoms. The van der Waals surface area contributed by atoms with E-state index in [0.717, 1.165) is 41.5 Å². The Labute approximate surface area is 149 Å². The smallest absolute Gasteiger partial charge is 0.224 e. The number of oxazole rings is 1. The lowest BCUT2D eigenvalue weighted by molar-refractivity contribution is -0.120. The van der Waals surface area contributed by atoms with Gasteiger partial charge in [-0.3, -0.25) is 4.79 Å². The molecule has 1 aromatic heterocycles. The summed E-state index contributed by atoms with van der Waals surface area (Å²) in [7, 11) is 1.61. The first-order valence-corrected chi connectivity index (χ1v) is 8.66. The first-order valence-electron chi connectivity index (χ1n) is 8.66. The highest BCUT2D eigenvalue weighted by Gasteiger charge is 2.22. The van der Waals surface area contributed by atoms with E-state index in [-0.39, 0.29) is 11.3 Å². The summed E-state index contributed by atoms with van der Waals surface area (Å²) in [5.74, 6) is 2.41. The van der Waals surface area contributed by atoms with Crippen LogP contribution in [0.3, 0.4) is 0 Å². The summed E-state index contributed by atoms with van der Waals surface area (Å²) in [6, 6.07) is 7.57. The Bertz CT molecular complexity index is 714. The fourth-order valence-electron chi connectivity index (χ4n) is 2.54. The van der Waals surface area contributed by atoms with E-state index in [9.17, 15) is 4.79 Å². The Hall–Kier alpha value is -2.30. The highest BCUT2D eigenvalue weighted by atomic mass is 16.5. The molecule has 1 aromatic carbocycles. The number of amides is 1. The van der Waals surface area contributed by atoms with Crippen molar-refractivity contribution in [2.45, 2.75) is 52.4 Å². The molecule has 0 atom stereocenters. The van der Waals surface area contributed by atoms with Gasteiger partial charge in [-0.05, 0) is 19.4 Å². The number of carbonyl (C=O) groups is 1. The summed E-state index contributed by atoms with van der Waals surface area (Å²) in [6.07, 6.45) is 1.90. The van der Waals surface area contributed by atoms with Crippen molar-refractivity contribution < 1.29 is 13.9 Å². The molecule has 2 rings (SSSR count). The Morgan fingerprint density at radius 2 is 2.00 bits per heavy atom. The number of aromatic nitrogens is 1. The quantitative estimate of drug-likeness (QED) is 0.780. The minimum absolute atomic E-state index is 0.00540. The van der Waals surface area contributed by atoms with E-state index in [2.05, 4.69) is 31.1 Å². The lowest BCUT2D eigenvalue weighted by Gasteiger charge is -2.12. The van der Waals surface area contributed by atoms with Crippen LogP contribution in [-0.2, 0) is 23.1 Å². The molecule has 2 aromatic rings. The maximum atomic E-state index is 12.1.